The van der Waals surface area contributed by atoms with Crippen LogP contribution in [0.5, 0.6) is 0 Å². The lowest BCUT2D eigenvalue weighted by Crippen LogP contribution is -2.40. The first kappa shape index (κ1) is 16.2. The summed E-state index contributed by atoms with van der Waals surface area (Å²) in [6.07, 6.45) is 0. The zero-order chi connectivity index (χ0) is 14.5. The van der Waals surface area contributed by atoms with E-state index in [1.54, 1.807) is 7.11 Å². The molecule has 0 heterocycles. The SMILES string of the molecule is COCC(C)C(CNC(C)(C)C)c1ccccc1C. The third-order valence-corrected chi connectivity index (χ3v) is 3.56. The largest absolute Gasteiger partial charge is 0.384 e. The number of benzene rings is 1. The number of ether oxygens (including phenoxy) is 1. The van der Waals surface area contributed by atoms with E-state index in [2.05, 4.69) is 64.2 Å². The number of methoxy groups -OCH3 is 1. The van der Waals surface area contributed by atoms with Gasteiger partial charge in [-0.2, -0.15) is 0 Å². The fraction of sp³-hybridized carbons (Fsp3) is 0.647. The molecule has 2 nitrogen and oxygen atoms in total. The maximum atomic E-state index is 5.35. The Morgan fingerprint density at radius 2 is 1.84 bits per heavy atom. The summed E-state index contributed by atoms with van der Waals surface area (Å²) in [6.45, 7) is 12.9. The van der Waals surface area contributed by atoms with E-state index in [9.17, 15) is 0 Å². The highest BCUT2D eigenvalue weighted by Gasteiger charge is 2.22. The molecule has 1 aromatic rings. The van der Waals surface area contributed by atoms with Gasteiger partial charge in [0.15, 0.2) is 0 Å². The average molecular weight is 263 g/mol. The molecule has 0 amide bonds. The fourth-order valence-electron chi connectivity index (χ4n) is 2.42. The van der Waals surface area contributed by atoms with E-state index >= 15 is 0 Å². The van der Waals surface area contributed by atoms with Crippen LogP contribution in [0.4, 0.5) is 0 Å². The molecule has 0 fully saturated rings. The van der Waals surface area contributed by atoms with Gasteiger partial charge in [-0.1, -0.05) is 31.2 Å². The van der Waals surface area contributed by atoms with Crippen molar-refractivity contribution in [3.05, 3.63) is 35.4 Å². The minimum absolute atomic E-state index is 0.147. The number of aryl methyl sites for hydroxylation is 1. The normalized spacial score (nSPS) is 15.3. The van der Waals surface area contributed by atoms with Crippen molar-refractivity contribution in [1.29, 1.82) is 0 Å². The molecule has 0 radical (unpaired) electrons. The molecule has 2 heteroatoms. The summed E-state index contributed by atoms with van der Waals surface area (Å²) in [5, 5.41) is 3.63. The number of nitrogens with one attached hydrogen (secondary N) is 1. The van der Waals surface area contributed by atoms with Crippen molar-refractivity contribution >= 4 is 0 Å². The first-order chi connectivity index (χ1) is 8.85. The van der Waals surface area contributed by atoms with Gasteiger partial charge in [-0.3, -0.25) is 0 Å². The molecule has 0 aromatic heterocycles. The van der Waals surface area contributed by atoms with Gasteiger partial charge in [0.05, 0.1) is 0 Å². The lowest BCUT2D eigenvalue weighted by Gasteiger charge is -2.30. The Bertz CT molecular complexity index is 381. The Kier molecular flexibility index (Phi) is 6.02. The summed E-state index contributed by atoms with van der Waals surface area (Å²) in [5.74, 6) is 0.987. The van der Waals surface area contributed by atoms with Gasteiger partial charge in [0.25, 0.3) is 0 Å². The van der Waals surface area contributed by atoms with Gasteiger partial charge in [-0.05, 0) is 44.7 Å². The highest BCUT2D eigenvalue weighted by Crippen LogP contribution is 2.27. The van der Waals surface area contributed by atoms with E-state index in [1.165, 1.54) is 11.1 Å². The van der Waals surface area contributed by atoms with Gasteiger partial charge >= 0.3 is 0 Å². The molecule has 0 saturated carbocycles. The van der Waals surface area contributed by atoms with Crippen LogP contribution in [0.1, 0.15) is 44.7 Å². The zero-order valence-electron chi connectivity index (χ0n) is 13.3. The van der Waals surface area contributed by atoms with Crippen LogP contribution in [0.3, 0.4) is 0 Å². The van der Waals surface area contributed by atoms with Crippen molar-refractivity contribution in [2.75, 3.05) is 20.3 Å². The molecular formula is C17H29NO. The second kappa shape index (κ2) is 7.06. The van der Waals surface area contributed by atoms with Crippen LogP contribution in [-0.2, 0) is 4.74 Å². The number of rotatable bonds is 6. The third kappa shape index (κ3) is 5.33. The zero-order valence-corrected chi connectivity index (χ0v) is 13.3. The van der Waals surface area contributed by atoms with E-state index in [0.717, 1.165) is 13.2 Å². The summed E-state index contributed by atoms with van der Waals surface area (Å²) in [4.78, 5) is 0. The Morgan fingerprint density at radius 3 is 2.37 bits per heavy atom. The fourth-order valence-corrected chi connectivity index (χ4v) is 2.42. The Labute approximate surface area is 118 Å². The first-order valence-corrected chi connectivity index (χ1v) is 7.14. The molecule has 2 unspecified atom stereocenters. The molecule has 1 aromatic carbocycles. The van der Waals surface area contributed by atoms with Crippen molar-refractivity contribution in [3.8, 4) is 0 Å². The van der Waals surface area contributed by atoms with Crippen LogP contribution in [-0.4, -0.2) is 25.8 Å². The predicted octanol–water partition coefficient (Wildman–Crippen LogP) is 3.75. The molecule has 2 atom stereocenters. The molecule has 108 valence electrons. The van der Waals surface area contributed by atoms with E-state index in [-0.39, 0.29) is 5.54 Å². The Morgan fingerprint density at radius 1 is 1.21 bits per heavy atom. The minimum Gasteiger partial charge on any atom is -0.384 e. The summed E-state index contributed by atoms with van der Waals surface area (Å²) in [6, 6.07) is 8.68. The van der Waals surface area contributed by atoms with Gasteiger partial charge in [0, 0.05) is 31.7 Å². The van der Waals surface area contributed by atoms with Crippen molar-refractivity contribution in [1.82, 2.24) is 5.32 Å². The predicted molar refractivity (Wildman–Crippen MR) is 82.7 cm³/mol. The van der Waals surface area contributed by atoms with Gasteiger partial charge in [-0.15, -0.1) is 0 Å². The summed E-state index contributed by atoms with van der Waals surface area (Å²) in [7, 11) is 1.78. The Balaban J connectivity index is 2.89. The maximum Gasteiger partial charge on any atom is 0.0494 e. The molecule has 1 rings (SSSR count). The van der Waals surface area contributed by atoms with Crippen molar-refractivity contribution in [3.63, 3.8) is 0 Å². The van der Waals surface area contributed by atoms with Crippen LogP contribution in [0.2, 0.25) is 0 Å². The monoisotopic (exact) mass is 263 g/mol. The molecule has 0 aliphatic carbocycles. The molecule has 0 bridgehead atoms. The van der Waals surface area contributed by atoms with Gasteiger partial charge in [0.1, 0.15) is 0 Å². The van der Waals surface area contributed by atoms with Crippen molar-refractivity contribution in [2.45, 2.75) is 46.1 Å². The lowest BCUT2D eigenvalue weighted by molar-refractivity contribution is 0.144. The second-order valence-corrected chi connectivity index (χ2v) is 6.53. The van der Waals surface area contributed by atoms with Gasteiger partial charge < -0.3 is 10.1 Å². The molecule has 0 spiro atoms. The van der Waals surface area contributed by atoms with Crippen molar-refractivity contribution < 1.29 is 4.74 Å². The summed E-state index contributed by atoms with van der Waals surface area (Å²) in [5.41, 5.74) is 2.95. The van der Waals surface area contributed by atoms with Crippen LogP contribution in [0.25, 0.3) is 0 Å². The molecule has 1 N–H and O–H groups in total. The number of hydrogen-bond acceptors (Lipinski definition) is 2. The van der Waals surface area contributed by atoms with E-state index in [4.69, 9.17) is 4.74 Å². The standard InChI is InChI=1S/C17H29NO/c1-13-9-7-8-10-15(13)16(14(2)12-19-6)11-18-17(3,4)5/h7-10,14,16,18H,11-12H2,1-6H3. The number of hydrogen-bond donors (Lipinski definition) is 1. The highest BCUT2D eigenvalue weighted by atomic mass is 16.5. The highest BCUT2D eigenvalue weighted by molar-refractivity contribution is 5.30. The topological polar surface area (TPSA) is 21.3 Å². The summed E-state index contributed by atoms with van der Waals surface area (Å²) < 4.78 is 5.35. The smallest absolute Gasteiger partial charge is 0.0494 e. The second-order valence-electron chi connectivity index (χ2n) is 6.53. The van der Waals surface area contributed by atoms with Gasteiger partial charge in [0.2, 0.25) is 0 Å². The quantitative estimate of drug-likeness (QED) is 0.844. The van der Waals surface area contributed by atoms with Crippen LogP contribution in [0.15, 0.2) is 24.3 Å². The van der Waals surface area contributed by atoms with Crippen LogP contribution < -0.4 is 5.32 Å². The molecule has 0 aliphatic rings. The Hall–Kier alpha value is -0.860. The molecule has 0 aliphatic heterocycles. The van der Waals surface area contributed by atoms with Crippen LogP contribution >= 0.6 is 0 Å². The van der Waals surface area contributed by atoms with Crippen LogP contribution in [0, 0.1) is 12.8 Å². The molecule has 0 saturated heterocycles. The third-order valence-electron chi connectivity index (χ3n) is 3.56. The van der Waals surface area contributed by atoms with Gasteiger partial charge in [-0.25, -0.2) is 0 Å². The lowest BCUT2D eigenvalue weighted by atomic mass is 9.84. The van der Waals surface area contributed by atoms with E-state index in [0.29, 0.717) is 11.8 Å². The van der Waals surface area contributed by atoms with E-state index in [1.807, 2.05) is 0 Å². The average Bonchev–Trinajstić information content (AvgIpc) is 2.30. The molecular weight excluding hydrogens is 234 g/mol. The van der Waals surface area contributed by atoms with E-state index < -0.39 is 0 Å². The maximum absolute atomic E-state index is 5.35. The molecule has 19 heavy (non-hydrogen) atoms. The van der Waals surface area contributed by atoms with Crippen molar-refractivity contribution in [2.24, 2.45) is 5.92 Å². The first-order valence-electron chi connectivity index (χ1n) is 7.14. The minimum atomic E-state index is 0.147. The summed E-state index contributed by atoms with van der Waals surface area (Å²) >= 11 is 0.